The van der Waals surface area contributed by atoms with Gasteiger partial charge in [0.15, 0.2) is 0 Å². The van der Waals surface area contributed by atoms with E-state index in [2.05, 4.69) is 16.5 Å². The molecule has 3 rings (SSSR count). The average Bonchev–Trinajstić information content (AvgIpc) is 3.01. The molecule has 0 aliphatic rings. The molecule has 152 valence electrons. The molecule has 4 nitrogen and oxygen atoms in total. The van der Waals surface area contributed by atoms with E-state index >= 15 is 0 Å². The molecule has 1 heterocycles. The Balaban J connectivity index is 1.44. The summed E-state index contributed by atoms with van der Waals surface area (Å²) in [5.41, 5.74) is 4.83. The summed E-state index contributed by atoms with van der Waals surface area (Å²) >= 11 is 14.0. The van der Waals surface area contributed by atoms with Crippen molar-refractivity contribution in [2.45, 2.75) is 26.1 Å². The highest BCUT2D eigenvalue weighted by Gasteiger charge is 2.08. The van der Waals surface area contributed by atoms with Gasteiger partial charge in [0, 0.05) is 39.4 Å². The van der Waals surface area contributed by atoms with E-state index in [1.165, 1.54) is 0 Å². The molecule has 29 heavy (non-hydrogen) atoms. The van der Waals surface area contributed by atoms with Gasteiger partial charge in [0.2, 0.25) is 0 Å². The summed E-state index contributed by atoms with van der Waals surface area (Å²) in [6.07, 6.45) is 0. The van der Waals surface area contributed by atoms with Gasteiger partial charge in [0.1, 0.15) is 0 Å². The van der Waals surface area contributed by atoms with Crippen LogP contribution in [-0.2, 0) is 12.3 Å². The fraction of sp³-hybridized carbons (Fsp3) is 0.273. The van der Waals surface area contributed by atoms with Crippen LogP contribution in [0.4, 0.5) is 0 Å². The van der Waals surface area contributed by atoms with Crippen LogP contribution in [0.2, 0.25) is 10.0 Å². The standard InChI is InChI=1S/C22H23Cl2N3OS/c1-15-12-16(2)27(26-15)13-17-6-8-18(9-7-17)22(28)25-10-11-29-14-19-20(23)4-3-5-21(19)24/h3-9,12H,10-11,13-14H2,1-2H3,(H,25,28). The SMILES string of the molecule is Cc1cc(C)n(Cc2ccc(C(=O)NCCSCc3c(Cl)cccc3Cl)cc2)n1. The van der Waals surface area contributed by atoms with Crippen molar-refractivity contribution < 1.29 is 4.79 Å². The van der Waals surface area contributed by atoms with Gasteiger partial charge in [-0.15, -0.1) is 0 Å². The highest BCUT2D eigenvalue weighted by atomic mass is 35.5. The first-order valence-corrected chi connectivity index (χ1v) is 11.2. The number of halogens is 2. The zero-order valence-electron chi connectivity index (χ0n) is 16.4. The van der Waals surface area contributed by atoms with E-state index in [1.807, 2.05) is 61.0 Å². The highest BCUT2D eigenvalue weighted by molar-refractivity contribution is 7.98. The summed E-state index contributed by atoms with van der Waals surface area (Å²) in [5.74, 6) is 1.43. The summed E-state index contributed by atoms with van der Waals surface area (Å²) in [6, 6.07) is 15.2. The van der Waals surface area contributed by atoms with Crippen LogP contribution >= 0.6 is 35.0 Å². The minimum absolute atomic E-state index is 0.0703. The van der Waals surface area contributed by atoms with E-state index in [0.29, 0.717) is 28.7 Å². The Morgan fingerprint density at radius 3 is 2.41 bits per heavy atom. The number of rotatable bonds is 8. The molecule has 0 saturated heterocycles. The zero-order chi connectivity index (χ0) is 20.8. The van der Waals surface area contributed by atoms with Crippen molar-refractivity contribution in [2.24, 2.45) is 0 Å². The van der Waals surface area contributed by atoms with Gasteiger partial charge in [-0.3, -0.25) is 9.48 Å². The maximum absolute atomic E-state index is 12.3. The Kier molecular flexibility index (Phi) is 7.64. The van der Waals surface area contributed by atoms with Crippen molar-refractivity contribution >= 4 is 40.9 Å². The van der Waals surface area contributed by atoms with Gasteiger partial charge in [-0.25, -0.2) is 0 Å². The minimum atomic E-state index is -0.0703. The Morgan fingerprint density at radius 1 is 1.10 bits per heavy atom. The van der Waals surface area contributed by atoms with Crippen molar-refractivity contribution in [3.63, 3.8) is 0 Å². The van der Waals surface area contributed by atoms with Crippen LogP contribution in [0.5, 0.6) is 0 Å². The molecule has 2 aromatic carbocycles. The summed E-state index contributed by atoms with van der Waals surface area (Å²) in [5, 5.41) is 8.78. The molecule has 7 heteroatoms. The van der Waals surface area contributed by atoms with E-state index in [1.54, 1.807) is 11.8 Å². The topological polar surface area (TPSA) is 46.9 Å². The van der Waals surface area contributed by atoms with Crippen LogP contribution in [0.15, 0.2) is 48.5 Å². The Bertz CT molecular complexity index is 966. The predicted molar refractivity (Wildman–Crippen MR) is 122 cm³/mol. The lowest BCUT2D eigenvalue weighted by Gasteiger charge is -2.09. The van der Waals surface area contributed by atoms with Gasteiger partial charge < -0.3 is 5.32 Å². The van der Waals surface area contributed by atoms with Crippen molar-refractivity contribution in [3.8, 4) is 0 Å². The van der Waals surface area contributed by atoms with Crippen molar-refractivity contribution in [1.82, 2.24) is 15.1 Å². The van der Waals surface area contributed by atoms with Gasteiger partial charge in [-0.2, -0.15) is 16.9 Å². The van der Waals surface area contributed by atoms with Gasteiger partial charge in [0.25, 0.3) is 5.91 Å². The number of aryl methyl sites for hydroxylation is 2. The second-order valence-corrected chi connectivity index (χ2v) is 8.71. The quantitative estimate of drug-likeness (QED) is 0.462. The minimum Gasteiger partial charge on any atom is -0.351 e. The van der Waals surface area contributed by atoms with E-state index in [0.717, 1.165) is 34.0 Å². The summed E-state index contributed by atoms with van der Waals surface area (Å²) in [4.78, 5) is 12.3. The second kappa shape index (κ2) is 10.2. The van der Waals surface area contributed by atoms with Crippen molar-refractivity contribution in [3.05, 3.63) is 86.7 Å². The maximum Gasteiger partial charge on any atom is 0.251 e. The van der Waals surface area contributed by atoms with Crippen LogP contribution in [0.25, 0.3) is 0 Å². The van der Waals surface area contributed by atoms with E-state index in [-0.39, 0.29) is 5.91 Å². The number of aromatic nitrogens is 2. The lowest BCUT2D eigenvalue weighted by molar-refractivity contribution is 0.0956. The first-order valence-electron chi connectivity index (χ1n) is 9.33. The summed E-state index contributed by atoms with van der Waals surface area (Å²) in [6.45, 7) is 5.31. The molecule has 0 aliphatic carbocycles. The van der Waals surface area contributed by atoms with E-state index < -0.39 is 0 Å². The van der Waals surface area contributed by atoms with E-state index in [9.17, 15) is 4.79 Å². The molecular formula is C22H23Cl2N3OS. The number of benzene rings is 2. The number of hydrogen-bond donors (Lipinski definition) is 1. The third kappa shape index (κ3) is 6.01. The predicted octanol–water partition coefficient (Wildman–Crippen LogP) is 5.52. The Hall–Kier alpha value is -1.95. The Labute approximate surface area is 185 Å². The molecule has 0 saturated carbocycles. The van der Waals surface area contributed by atoms with Gasteiger partial charge >= 0.3 is 0 Å². The van der Waals surface area contributed by atoms with Crippen LogP contribution in [-0.4, -0.2) is 28.0 Å². The molecule has 0 fully saturated rings. The van der Waals surface area contributed by atoms with Crippen LogP contribution in [0.3, 0.4) is 0 Å². The van der Waals surface area contributed by atoms with Gasteiger partial charge in [-0.1, -0.05) is 41.4 Å². The third-order valence-electron chi connectivity index (χ3n) is 4.49. The fourth-order valence-corrected chi connectivity index (χ4v) is 4.55. The molecule has 1 N–H and O–H groups in total. The maximum atomic E-state index is 12.3. The lowest BCUT2D eigenvalue weighted by atomic mass is 10.1. The van der Waals surface area contributed by atoms with Gasteiger partial charge in [-0.05, 0) is 55.3 Å². The summed E-state index contributed by atoms with van der Waals surface area (Å²) < 4.78 is 1.97. The van der Waals surface area contributed by atoms with Gasteiger partial charge in [0.05, 0.1) is 12.2 Å². The number of hydrogen-bond acceptors (Lipinski definition) is 3. The molecule has 1 amide bonds. The number of thioether (sulfide) groups is 1. The Morgan fingerprint density at radius 2 is 1.79 bits per heavy atom. The molecule has 0 bridgehead atoms. The lowest BCUT2D eigenvalue weighted by Crippen LogP contribution is -2.25. The molecular weight excluding hydrogens is 425 g/mol. The first-order chi connectivity index (χ1) is 13.9. The number of nitrogens with one attached hydrogen (secondary N) is 1. The normalized spacial score (nSPS) is 10.9. The van der Waals surface area contributed by atoms with E-state index in [4.69, 9.17) is 23.2 Å². The van der Waals surface area contributed by atoms with Crippen molar-refractivity contribution in [2.75, 3.05) is 12.3 Å². The second-order valence-electron chi connectivity index (χ2n) is 6.79. The van der Waals surface area contributed by atoms with Crippen LogP contribution < -0.4 is 5.32 Å². The molecule has 0 aliphatic heterocycles. The number of carbonyl (C=O) groups excluding carboxylic acids is 1. The number of carbonyl (C=O) groups is 1. The molecule has 3 aromatic rings. The summed E-state index contributed by atoms with van der Waals surface area (Å²) in [7, 11) is 0. The van der Waals surface area contributed by atoms with Crippen LogP contribution in [0.1, 0.15) is 32.9 Å². The molecule has 0 spiro atoms. The highest BCUT2D eigenvalue weighted by Crippen LogP contribution is 2.27. The fourth-order valence-electron chi connectivity index (χ4n) is 2.95. The number of amides is 1. The largest absolute Gasteiger partial charge is 0.351 e. The average molecular weight is 448 g/mol. The van der Waals surface area contributed by atoms with Crippen molar-refractivity contribution in [1.29, 1.82) is 0 Å². The zero-order valence-corrected chi connectivity index (χ0v) is 18.7. The monoisotopic (exact) mass is 447 g/mol. The molecule has 0 radical (unpaired) electrons. The number of nitrogens with zero attached hydrogens (tertiary/aromatic N) is 2. The molecule has 0 unspecified atom stereocenters. The first kappa shape index (κ1) is 21.8. The molecule has 1 aromatic heterocycles. The van der Waals surface area contributed by atoms with Crippen LogP contribution in [0, 0.1) is 13.8 Å². The smallest absolute Gasteiger partial charge is 0.251 e. The third-order valence-corrected chi connectivity index (χ3v) is 6.19. The molecule has 0 atom stereocenters.